The monoisotopic (exact) mass is 564 g/mol. The first kappa shape index (κ1) is 26.7. The summed E-state index contributed by atoms with van der Waals surface area (Å²) in [6.07, 6.45) is -9.14. The van der Waals surface area contributed by atoms with E-state index in [1.807, 2.05) is 5.32 Å². The van der Waals surface area contributed by atoms with Gasteiger partial charge in [-0.05, 0) is 54.8 Å². The summed E-state index contributed by atoms with van der Waals surface area (Å²) in [5.74, 6) is -2.89. The molecule has 2 unspecified atom stereocenters. The van der Waals surface area contributed by atoms with Gasteiger partial charge in [0.05, 0.1) is 5.69 Å². The SMILES string of the molecule is O=C(NC1Sc2cc(OC(F)(F)F)cc3c2N1C(CN1CCN(c2ccc(F)cc2)CC1)CC3)C(F)(F)F. The Hall–Kier alpha value is -2.87. The molecule has 38 heavy (non-hydrogen) atoms. The highest BCUT2D eigenvalue weighted by molar-refractivity contribution is 8.00. The van der Waals surface area contributed by atoms with E-state index in [1.165, 1.54) is 18.2 Å². The maximum atomic E-state index is 13.2. The lowest BCUT2D eigenvalue weighted by atomic mass is 9.95. The largest absolute Gasteiger partial charge is 0.573 e. The minimum Gasteiger partial charge on any atom is -0.406 e. The molecule has 0 aliphatic carbocycles. The summed E-state index contributed by atoms with van der Waals surface area (Å²) < 4.78 is 95.0. The van der Waals surface area contributed by atoms with Crippen molar-refractivity contribution in [2.24, 2.45) is 0 Å². The smallest absolute Gasteiger partial charge is 0.406 e. The predicted molar refractivity (Wildman–Crippen MR) is 127 cm³/mol. The van der Waals surface area contributed by atoms with Crippen molar-refractivity contribution in [2.45, 2.75) is 41.8 Å². The second kappa shape index (κ2) is 10.0. The summed E-state index contributed by atoms with van der Waals surface area (Å²) in [4.78, 5) is 18.1. The highest BCUT2D eigenvalue weighted by Crippen LogP contribution is 2.51. The predicted octanol–water partition coefficient (Wildman–Crippen LogP) is 4.74. The van der Waals surface area contributed by atoms with Gasteiger partial charge in [-0.1, -0.05) is 11.8 Å². The quantitative estimate of drug-likeness (QED) is 0.530. The Balaban J connectivity index is 1.34. The molecule has 206 valence electrons. The molecule has 0 aromatic heterocycles. The summed E-state index contributed by atoms with van der Waals surface area (Å²) in [5.41, 5.74) is 0.809. The van der Waals surface area contributed by atoms with Gasteiger partial charge in [0.25, 0.3) is 0 Å². The number of benzene rings is 2. The lowest BCUT2D eigenvalue weighted by Crippen LogP contribution is -2.57. The van der Waals surface area contributed by atoms with Crippen LogP contribution in [0.15, 0.2) is 41.3 Å². The van der Waals surface area contributed by atoms with Crippen LogP contribution in [0.3, 0.4) is 0 Å². The van der Waals surface area contributed by atoms with Gasteiger partial charge < -0.3 is 19.9 Å². The van der Waals surface area contributed by atoms with E-state index < -0.39 is 29.7 Å². The highest BCUT2D eigenvalue weighted by Gasteiger charge is 2.46. The van der Waals surface area contributed by atoms with Crippen LogP contribution in [0.2, 0.25) is 0 Å². The van der Waals surface area contributed by atoms with Gasteiger partial charge in [0, 0.05) is 49.3 Å². The van der Waals surface area contributed by atoms with E-state index in [9.17, 15) is 35.5 Å². The average Bonchev–Trinajstić information content (AvgIpc) is 3.19. The van der Waals surface area contributed by atoms with Gasteiger partial charge in [-0.3, -0.25) is 9.69 Å². The van der Waals surface area contributed by atoms with E-state index in [2.05, 4.69) is 14.5 Å². The first-order valence-electron chi connectivity index (χ1n) is 11.9. The van der Waals surface area contributed by atoms with E-state index >= 15 is 0 Å². The second-order valence-corrected chi connectivity index (χ2v) is 10.4. The Labute approximate surface area is 217 Å². The Kier molecular flexibility index (Phi) is 7.05. The molecule has 1 saturated heterocycles. The number of hydrogen-bond acceptors (Lipinski definition) is 6. The zero-order chi connectivity index (χ0) is 27.2. The lowest BCUT2D eigenvalue weighted by molar-refractivity contribution is -0.274. The van der Waals surface area contributed by atoms with Crippen molar-refractivity contribution in [3.8, 4) is 5.75 Å². The molecule has 0 radical (unpaired) electrons. The summed E-state index contributed by atoms with van der Waals surface area (Å²) in [7, 11) is 0. The third-order valence-corrected chi connectivity index (χ3v) is 7.93. The van der Waals surface area contributed by atoms with E-state index in [4.69, 9.17) is 0 Å². The van der Waals surface area contributed by atoms with Gasteiger partial charge in [0.2, 0.25) is 0 Å². The maximum Gasteiger partial charge on any atom is 0.573 e. The number of thioether (sulfide) groups is 1. The van der Waals surface area contributed by atoms with Crippen molar-refractivity contribution in [1.29, 1.82) is 0 Å². The standard InChI is InChI=1S/C24H23F7N4O2S/c25-15-2-5-16(6-3-15)34-9-7-33(8-10-34)13-17-4-1-14-11-18(37-24(29,30)31)12-19-20(14)35(17)22(38-19)32-21(36)23(26,27)28/h2-3,5-6,11-12,17,22H,1,4,7-10,13H2,(H,32,36). The van der Waals surface area contributed by atoms with Gasteiger partial charge in [0.15, 0.2) is 5.50 Å². The van der Waals surface area contributed by atoms with Gasteiger partial charge in [-0.15, -0.1) is 13.2 Å². The Morgan fingerprint density at radius 3 is 2.34 bits per heavy atom. The van der Waals surface area contributed by atoms with Gasteiger partial charge >= 0.3 is 18.4 Å². The van der Waals surface area contributed by atoms with E-state index in [-0.39, 0.29) is 11.9 Å². The average molecular weight is 565 g/mol. The summed E-state index contributed by atoms with van der Waals surface area (Å²) in [6.45, 7) is 3.15. The van der Waals surface area contributed by atoms with Crippen LogP contribution in [0.4, 0.5) is 42.1 Å². The van der Waals surface area contributed by atoms with Crippen molar-refractivity contribution in [3.05, 3.63) is 47.8 Å². The normalized spacial score (nSPS) is 21.9. The Morgan fingerprint density at radius 1 is 1.03 bits per heavy atom. The van der Waals surface area contributed by atoms with Crippen LogP contribution in [0, 0.1) is 5.82 Å². The third kappa shape index (κ3) is 5.75. The van der Waals surface area contributed by atoms with Gasteiger partial charge in [0.1, 0.15) is 11.6 Å². The molecule has 3 aliphatic rings. The number of anilines is 2. The van der Waals surface area contributed by atoms with Crippen LogP contribution in [-0.2, 0) is 11.2 Å². The molecule has 14 heteroatoms. The highest BCUT2D eigenvalue weighted by atomic mass is 32.2. The number of aryl methyl sites for hydroxylation is 1. The fourth-order valence-corrected chi connectivity index (χ4v) is 6.47. The minimum atomic E-state index is -5.11. The topological polar surface area (TPSA) is 48.1 Å². The number of rotatable bonds is 5. The van der Waals surface area contributed by atoms with E-state index in [1.54, 1.807) is 17.0 Å². The number of ether oxygens (including phenoxy) is 1. The zero-order valence-corrected chi connectivity index (χ0v) is 20.6. The van der Waals surface area contributed by atoms with Gasteiger partial charge in [-0.25, -0.2) is 4.39 Å². The molecule has 3 aliphatic heterocycles. The molecule has 6 nitrogen and oxygen atoms in total. The lowest BCUT2D eigenvalue weighted by Gasteiger charge is -2.43. The molecule has 5 rings (SSSR count). The molecule has 2 atom stereocenters. The maximum absolute atomic E-state index is 13.2. The third-order valence-electron chi connectivity index (χ3n) is 6.80. The van der Waals surface area contributed by atoms with Crippen molar-refractivity contribution in [1.82, 2.24) is 10.2 Å². The molecule has 3 heterocycles. The number of carbonyl (C=O) groups is 1. The number of halogens is 7. The molecule has 2 aromatic carbocycles. The number of hydrogen-bond donors (Lipinski definition) is 1. The van der Waals surface area contributed by atoms with E-state index in [0.717, 1.165) is 23.5 Å². The number of nitrogens with zero attached hydrogens (tertiary/aromatic N) is 3. The summed E-state index contributed by atoms with van der Waals surface area (Å²) in [6, 6.07) is 8.32. The molecule has 1 N–H and O–H groups in total. The first-order valence-corrected chi connectivity index (χ1v) is 12.7. The number of piperazine rings is 1. The van der Waals surface area contributed by atoms with Crippen molar-refractivity contribution < 1.29 is 40.3 Å². The van der Waals surface area contributed by atoms with Crippen molar-refractivity contribution >= 4 is 29.0 Å². The van der Waals surface area contributed by atoms with Crippen molar-refractivity contribution in [2.75, 3.05) is 42.5 Å². The number of amides is 1. The molecule has 0 bridgehead atoms. The number of alkyl halides is 6. The second-order valence-electron chi connectivity index (χ2n) is 9.28. The molecule has 0 saturated carbocycles. The summed E-state index contributed by atoms with van der Waals surface area (Å²) >= 11 is 0.861. The number of nitrogens with one attached hydrogen (secondary N) is 1. The fraction of sp³-hybridized carbons (Fsp3) is 0.458. The molecular weight excluding hydrogens is 541 g/mol. The Morgan fingerprint density at radius 2 is 1.71 bits per heavy atom. The van der Waals surface area contributed by atoms with Gasteiger partial charge in [-0.2, -0.15) is 13.2 Å². The Bertz CT molecular complexity index is 1180. The fourth-order valence-electron chi connectivity index (χ4n) is 5.14. The molecule has 2 aromatic rings. The molecule has 0 spiro atoms. The molecule has 1 fully saturated rings. The molecule has 1 amide bonds. The minimum absolute atomic E-state index is 0.276. The van der Waals surface area contributed by atoms with Crippen LogP contribution in [-0.4, -0.2) is 67.6 Å². The first-order chi connectivity index (χ1) is 17.9. The van der Waals surface area contributed by atoms with Crippen LogP contribution in [0.25, 0.3) is 0 Å². The zero-order valence-electron chi connectivity index (χ0n) is 19.8. The van der Waals surface area contributed by atoms with Crippen LogP contribution in [0.1, 0.15) is 12.0 Å². The number of carbonyl (C=O) groups excluding carboxylic acids is 1. The molecular formula is C24H23F7N4O2S. The summed E-state index contributed by atoms with van der Waals surface area (Å²) in [5, 5.41) is 2.00. The van der Waals surface area contributed by atoms with Crippen LogP contribution < -0.4 is 19.9 Å². The van der Waals surface area contributed by atoms with Crippen LogP contribution in [0.5, 0.6) is 5.75 Å². The van der Waals surface area contributed by atoms with Crippen molar-refractivity contribution in [3.63, 3.8) is 0 Å². The van der Waals surface area contributed by atoms with E-state index in [0.29, 0.717) is 61.7 Å². The van der Waals surface area contributed by atoms with Crippen LogP contribution >= 0.6 is 11.8 Å².